The number of nitrogens with one attached hydrogen (secondary N) is 4. The molecule has 1 saturated carbocycles. The molecule has 1 aliphatic carbocycles. The molecule has 13 nitrogen and oxygen atoms in total. The Balaban J connectivity index is 1.98. The normalized spacial score (nSPS) is 16.7. The average molecular weight is 618 g/mol. The molecule has 9 N–H and O–H groups in total. The van der Waals surface area contributed by atoms with Crippen molar-refractivity contribution in [2.75, 3.05) is 6.54 Å². The molecule has 4 amide bonds. The highest BCUT2D eigenvalue weighted by molar-refractivity contribution is 5.91. The zero-order valence-corrected chi connectivity index (χ0v) is 26.2. The molecule has 1 aliphatic rings. The van der Waals surface area contributed by atoms with Crippen LogP contribution >= 0.6 is 0 Å². The first kappa shape index (κ1) is 36.3. The van der Waals surface area contributed by atoms with Gasteiger partial charge in [-0.15, -0.1) is 0 Å². The number of rotatable bonds is 17. The van der Waals surface area contributed by atoms with Crippen molar-refractivity contribution in [3.05, 3.63) is 35.9 Å². The van der Waals surface area contributed by atoms with Gasteiger partial charge in [-0.25, -0.2) is 4.79 Å². The van der Waals surface area contributed by atoms with Crippen molar-refractivity contribution in [1.29, 1.82) is 0 Å². The van der Waals surface area contributed by atoms with Crippen LogP contribution < -0.4 is 32.7 Å². The largest absolute Gasteiger partial charge is 0.445 e. The monoisotopic (exact) mass is 617 g/mol. The van der Waals surface area contributed by atoms with Gasteiger partial charge in [-0.05, 0) is 44.1 Å². The van der Waals surface area contributed by atoms with Crippen LogP contribution in [0.5, 0.6) is 0 Å². The van der Waals surface area contributed by atoms with Crippen LogP contribution in [0.3, 0.4) is 0 Å². The van der Waals surface area contributed by atoms with Crippen molar-refractivity contribution >= 4 is 29.8 Å². The molecular formula is C31H51N7O6. The zero-order chi connectivity index (χ0) is 32.5. The lowest BCUT2D eigenvalue weighted by molar-refractivity contribution is -0.131. The topological polar surface area (TPSA) is 210 Å². The van der Waals surface area contributed by atoms with Gasteiger partial charge in [0.15, 0.2) is 5.96 Å². The highest BCUT2D eigenvalue weighted by Gasteiger charge is 2.31. The number of carbonyl (C=O) groups is 4. The highest BCUT2D eigenvalue weighted by Crippen LogP contribution is 2.19. The Morgan fingerprint density at radius 2 is 1.68 bits per heavy atom. The van der Waals surface area contributed by atoms with Crippen molar-refractivity contribution in [3.63, 3.8) is 0 Å². The second-order valence-corrected chi connectivity index (χ2v) is 11.5. The fraction of sp³-hybridized carbons (Fsp3) is 0.645. The summed E-state index contributed by atoms with van der Waals surface area (Å²) in [5.41, 5.74) is 11.5. The zero-order valence-electron chi connectivity index (χ0n) is 26.2. The Morgan fingerprint density at radius 3 is 2.32 bits per heavy atom. The molecule has 0 unspecified atom stereocenters. The number of amides is 4. The quantitative estimate of drug-likeness (QED) is 0.0773. The first-order chi connectivity index (χ1) is 21.0. The standard InChI is InChI=1S/C31H51N7O6/c1-4-20(2)27(25(39)18-26(40)36-23-14-9-6-10-15-23)38-28(41)21(3)35-29(42)24(16-11-17-34-30(32)33)37-31(43)44-19-22-12-7-5-8-13-22/h5,7-8,12-13,20-21,23-25,27,39H,4,6,9-11,14-19H2,1-3H3,(H,35,42)(H,36,40)(H,37,43)(H,38,41)(H4,32,33,34)/t20-,21-,24-,25-,27-/m0/s1. The van der Waals surface area contributed by atoms with Gasteiger partial charge in [0.25, 0.3) is 0 Å². The number of aliphatic hydroxyl groups is 1. The minimum Gasteiger partial charge on any atom is -0.445 e. The maximum absolute atomic E-state index is 13.2. The van der Waals surface area contributed by atoms with Crippen molar-refractivity contribution in [3.8, 4) is 0 Å². The Hall–Kier alpha value is -3.87. The van der Waals surface area contributed by atoms with Gasteiger partial charge in [-0.1, -0.05) is 69.9 Å². The van der Waals surface area contributed by atoms with Crippen molar-refractivity contribution < 1.29 is 29.0 Å². The summed E-state index contributed by atoms with van der Waals surface area (Å²) >= 11 is 0. The second kappa shape index (κ2) is 19.4. The van der Waals surface area contributed by atoms with Crippen LogP contribution in [0.4, 0.5) is 4.79 Å². The van der Waals surface area contributed by atoms with Gasteiger partial charge in [0.05, 0.1) is 18.6 Å². The van der Waals surface area contributed by atoms with Crippen molar-refractivity contribution in [2.24, 2.45) is 22.4 Å². The Labute approximate surface area is 260 Å². The van der Waals surface area contributed by atoms with Gasteiger partial charge >= 0.3 is 6.09 Å². The highest BCUT2D eigenvalue weighted by atomic mass is 16.5. The molecule has 13 heteroatoms. The fourth-order valence-corrected chi connectivity index (χ4v) is 5.07. The number of carbonyl (C=O) groups excluding carboxylic acids is 4. The van der Waals surface area contributed by atoms with E-state index < -0.39 is 42.1 Å². The molecule has 0 aromatic heterocycles. The van der Waals surface area contributed by atoms with E-state index in [2.05, 4.69) is 26.3 Å². The van der Waals surface area contributed by atoms with Crippen LogP contribution in [0, 0.1) is 5.92 Å². The number of ether oxygens (including phenoxy) is 1. The Morgan fingerprint density at radius 1 is 1.00 bits per heavy atom. The summed E-state index contributed by atoms with van der Waals surface area (Å²) in [7, 11) is 0. The summed E-state index contributed by atoms with van der Waals surface area (Å²) in [6, 6.07) is 6.48. The number of hydrogen-bond acceptors (Lipinski definition) is 7. The number of aliphatic hydroxyl groups excluding tert-OH is 1. The molecule has 1 aromatic rings. The van der Waals surface area contributed by atoms with Gasteiger partial charge in [-0.2, -0.15) is 0 Å². The SMILES string of the molecule is CC[C@H](C)[C@H](NC(=O)[C@H](C)NC(=O)[C@H](CCCN=C(N)N)NC(=O)OCc1ccccc1)[C@@H](O)CC(=O)NC1CCCCC1. The molecule has 0 heterocycles. The Kier molecular flexibility index (Phi) is 16.0. The lowest BCUT2D eigenvalue weighted by Crippen LogP contribution is -2.56. The summed E-state index contributed by atoms with van der Waals surface area (Å²) in [5, 5.41) is 22.0. The van der Waals surface area contributed by atoms with E-state index in [4.69, 9.17) is 16.2 Å². The molecule has 0 bridgehead atoms. The number of hydrogen-bond donors (Lipinski definition) is 7. The van der Waals surface area contributed by atoms with Gasteiger partial charge < -0.3 is 42.6 Å². The number of aliphatic imine (C=N–C) groups is 1. The van der Waals surface area contributed by atoms with Crippen LogP contribution in [0.1, 0.15) is 84.1 Å². The molecule has 0 spiro atoms. The molecule has 0 saturated heterocycles. The second-order valence-electron chi connectivity index (χ2n) is 11.5. The summed E-state index contributed by atoms with van der Waals surface area (Å²) in [6.45, 7) is 5.58. The molecule has 5 atom stereocenters. The van der Waals surface area contributed by atoms with Crippen LogP contribution in [0.2, 0.25) is 0 Å². The molecule has 246 valence electrons. The van der Waals surface area contributed by atoms with Gasteiger partial charge in [0, 0.05) is 12.6 Å². The number of alkyl carbamates (subject to hydrolysis) is 1. The first-order valence-electron chi connectivity index (χ1n) is 15.6. The van der Waals surface area contributed by atoms with Crippen LogP contribution in [-0.4, -0.2) is 71.7 Å². The van der Waals surface area contributed by atoms with Crippen molar-refractivity contribution in [1.82, 2.24) is 21.3 Å². The molecule has 1 aromatic carbocycles. The van der Waals surface area contributed by atoms with Crippen LogP contribution in [-0.2, 0) is 25.7 Å². The average Bonchev–Trinajstić information content (AvgIpc) is 3.00. The van der Waals surface area contributed by atoms with Gasteiger partial charge in [0.2, 0.25) is 17.7 Å². The summed E-state index contributed by atoms with van der Waals surface area (Å²) in [6.07, 6.45) is 4.35. The molecule has 0 aliphatic heterocycles. The molecule has 2 rings (SSSR count). The maximum atomic E-state index is 13.2. The smallest absolute Gasteiger partial charge is 0.408 e. The number of nitrogens with zero attached hydrogens (tertiary/aromatic N) is 1. The predicted molar refractivity (Wildman–Crippen MR) is 168 cm³/mol. The molecular weight excluding hydrogens is 566 g/mol. The van der Waals surface area contributed by atoms with E-state index >= 15 is 0 Å². The van der Waals surface area contributed by atoms with E-state index in [9.17, 15) is 24.3 Å². The third kappa shape index (κ3) is 13.6. The lowest BCUT2D eigenvalue weighted by atomic mass is 9.91. The lowest BCUT2D eigenvalue weighted by Gasteiger charge is -2.31. The van der Waals surface area contributed by atoms with Gasteiger partial charge in [-0.3, -0.25) is 19.4 Å². The van der Waals surface area contributed by atoms with E-state index in [0.29, 0.717) is 12.8 Å². The predicted octanol–water partition coefficient (Wildman–Crippen LogP) is 1.57. The number of guanidine groups is 1. The summed E-state index contributed by atoms with van der Waals surface area (Å²) in [4.78, 5) is 55.4. The maximum Gasteiger partial charge on any atom is 0.408 e. The number of nitrogens with two attached hydrogens (primary N) is 2. The molecule has 1 fully saturated rings. The van der Waals surface area contributed by atoms with Gasteiger partial charge in [0.1, 0.15) is 18.7 Å². The van der Waals surface area contributed by atoms with Crippen LogP contribution in [0.15, 0.2) is 35.3 Å². The summed E-state index contributed by atoms with van der Waals surface area (Å²) < 4.78 is 5.27. The van der Waals surface area contributed by atoms with E-state index in [1.165, 1.54) is 13.3 Å². The number of benzene rings is 1. The minimum absolute atomic E-state index is 0.0197. The minimum atomic E-state index is -1.11. The van der Waals surface area contributed by atoms with E-state index in [1.807, 2.05) is 32.0 Å². The Bertz CT molecular complexity index is 1080. The van der Waals surface area contributed by atoms with Crippen LogP contribution in [0.25, 0.3) is 0 Å². The van der Waals surface area contributed by atoms with Crippen molar-refractivity contribution in [2.45, 2.75) is 115 Å². The fourth-order valence-electron chi connectivity index (χ4n) is 5.07. The van der Waals surface area contributed by atoms with E-state index in [-0.39, 0.29) is 49.8 Å². The van der Waals surface area contributed by atoms with E-state index in [1.54, 1.807) is 12.1 Å². The van der Waals surface area contributed by atoms with E-state index in [0.717, 1.165) is 31.2 Å². The third-order valence-electron chi connectivity index (χ3n) is 7.86. The molecule has 44 heavy (non-hydrogen) atoms. The molecule has 0 radical (unpaired) electrons. The summed E-state index contributed by atoms with van der Waals surface area (Å²) in [5.74, 6) is -1.59. The third-order valence-corrected chi connectivity index (χ3v) is 7.86. The first-order valence-corrected chi connectivity index (χ1v) is 15.6.